The van der Waals surface area contributed by atoms with Gasteiger partial charge in [0, 0.05) is 11.6 Å². The molecule has 19 heavy (non-hydrogen) atoms. The normalized spacial score (nSPS) is 13.5. The first-order chi connectivity index (χ1) is 8.79. The molecule has 0 amide bonds. The Labute approximate surface area is 114 Å². The third-order valence-electron chi connectivity index (χ3n) is 2.12. The van der Waals surface area contributed by atoms with Crippen molar-refractivity contribution in [2.24, 2.45) is 5.73 Å². The molecule has 0 spiro atoms. The van der Waals surface area contributed by atoms with Crippen molar-refractivity contribution in [2.45, 2.75) is 19.1 Å². The number of rotatable bonds is 3. The van der Waals surface area contributed by atoms with Crippen molar-refractivity contribution in [3.63, 3.8) is 0 Å². The van der Waals surface area contributed by atoms with Gasteiger partial charge in [-0.1, -0.05) is 0 Å². The molecule has 1 atom stereocenters. The number of nitrogens with zero attached hydrogens (tertiary/aromatic N) is 2. The summed E-state index contributed by atoms with van der Waals surface area (Å²) in [5, 5.41) is 0.996. The van der Waals surface area contributed by atoms with Crippen LogP contribution in [-0.2, 0) is 6.18 Å². The maximum atomic E-state index is 12.4. The van der Waals surface area contributed by atoms with Gasteiger partial charge in [-0.3, -0.25) is 4.79 Å². The van der Waals surface area contributed by atoms with Gasteiger partial charge in [0.2, 0.25) is 5.78 Å². The summed E-state index contributed by atoms with van der Waals surface area (Å²) in [5.41, 5.74) is 5.70. The lowest BCUT2D eigenvalue weighted by molar-refractivity contribution is -0.137. The number of ketones is 1. The van der Waals surface area contributed by atoms with Crippen LogP contribution in [0, 0.1) is 0 Å². The predicted octanol–water partition coefficient (Wildman–Crippen LogP) is 2.87. The van der Waals surface area contributed by atoms with Gasteiger partial charge in [0.15, 0.2) is 5.01 Å². The van der Waals surface area contributed by atoms with Crippen molar-refractivity contribution in [3.8, 4) is 0 Å². The zero-order valence-corrected chi connectivity index (χ0v) is 11.2. The third kappa shape index (κ3) is 2.99. The first-order valence-corrected chi connectivity index (χ1v) is 6.77. The van der Waals surface area contributed by atoms with Crippen LogP contribution in [0.25, 0.3) is 0 Å². The number of alkyl halides is 3. The first kappa shape index (κ1) is 14.1. The van der Waals surface area contributed by atoms with E-state index >= 15 is 0 Å². The summed E-state index contributed by atoms with van der Waals surface area (Å²) in [7, 11) is 0. The molecule has 0 aromatic carbocycles. The Balaban J connectivity index is 2.26. The molecule has 0 fully saturated rings. The van der Waals surface area contributed by atoms with E-state index in [-0.39, 0.29) is 16.6 Å². The summed E-state index contributed by atoms with van der Waals surface area (Å²) in [6.45, 7) is 1.71. The molecule has 4 nitrogen and oxygen atoms in total. The van der Waals surface area contributed by atoms with E-state index in [0.29, 0.717) is 16.3 Å². The van der Waals surface area contributed by atoms with E-state index in [1.807, 2.05) is 0 Å². The van der Waals surface area contributed by atoms with E-state index in [0.717, 1.165) is 6.20 Å². The van der Waals surface area contributed by atoms with Crippen LogP contribution in [0.4, 0.5) is 13.2 Å². The highest BCUT2D eigenvalue weighted by atomic mass is 32.1. The summed E-state index contributed by atoms with van der Waals surface area (Å²) < 4.78 is 37.2. The topological polar surface area (TPSA) is 68.9 Å². The Kier molecular flexibility index (Phi) is 3.70. The Morgan fingerprint density at radius 3 is 2.63 bits per heavy atom. The van der Waals surface area contributed by atoms with Crippen molar-refractivity contribution in [1.82, 2.24) is 9.97 Å². The highest BCUT2D eigenvalue weighted by molar-refractivity contribution is 7.14. The second-order valence-electron chi connectivity index (χ2n) is 3.72. The average Bonchev–Trinajstić information content (AvgIpc) is 2.97. The second-order valence-corrected chi connectivity index (χ2v) is 5.64. The van der Waals surface area contributed by atoms with Crippen molar-refractivity contribution in [3.05, 3.63) is 32.2 Å². The fourth-order valence-corrected chi connectivity index (χ4v) is 2.73. The lowest BCUT2D eigenvalue weighted by atomic mass is 10.3. The largest absolute Gasteiger partial charge is 0.443 e. The predicted molar refractivity (Wildman–Crippen MR) is 65.3 cm³/mol. The summed E-state index contributed by atoms with van der Waals surface area (Å²) in [5.74, 6) is -0.573. The van der Waals surface area contributed by atoms with Crippen LogP contribution in [0.15, 0.2) is 11.6 Å². The highest BCUT2D eigenvalue weighted by Crippen LogP contribution is 2.33. The molecule has 0 aliphatic carbocycles. The lowest BCUT2D eigenvalue weighted by Crippen LogP contribution is -2.06. The molecule has 0 saturated carbocycles. The van der Waals surface area contributed by atoms with Crippen LogP contribution in [0.5, 0.6) is 0 Å². The van der Waals surface area contributed by atoms with Gasteiger partial charge in [0.25, 0.3) is 0 Å². The van der Waals surface area contributed by atoms with Gasteiger partial charge in [0.1, 0.15) is 10.7 Å². The van der Waals surface area contributed by atoms with Crippen molar-refractivity contribution >= 4 is 28.5 Å². The van der Waals surface area contributed by atoms with Gasteiger partial charge >= 0.3 is 6.18 Å². The minimum atomic E-state index is -4.54. The van der Waals surface area contributed by atoms with Crippen molar-refractivity contribution < 1.29 is 18.0 Å². The molecular weight excluding hydrogens is 299 g/mol. The number of hydrogen-bond donors (Lipinski definition) is 1. The number of thiazole rings is 2. The first-order valence-electron chi connectivity index (χ1n) is 5.07. The molecule has 1 unspecified atom stereocenters. The van der Waals surface area contributed by atoms with E-state index in [4.69, 9.17) is 5.73 Å². The Hall–Kier alpha value is -1.32. The Morgan fingerprint density at radius 1 is 1.47 bits per heavy atom. The lowest BCUT2D eigenvalue weighted by Gasteiger charge is -1.98. The molecule has 9 heteroatoms. The van der Waals surface area contributed by atoms with Crippen LogP contribution < -0.4 is 5.73 Å². The van der Waals surface area contributed by atoms with Gasteiger partial charge < -0.3 is 5.73 Å². The molecule has 0 bridgehead atoms. The van der Waals surface area contributed by atoms with E-state index in [2.05, 4.69) is 9.97 Å². The third-order valence-corrected chi connectivity index (χ3v) is 4.20. The maximum Gasteiger partial charge on any atom is 0.443 e. The van der Waals surface area contributed by atoms with E-state index in [1.165, 1.54) is 16.7 Å². The minimum absolute atomic E-state index is 0.0890. The number of carbonyl (C=O) groups excluding carboxylic acids is 1. The standard InChI is InChI=1S/C10H8F3N3OS2/c1-4(14)8-16-5(3-18-8)7(17)6-2-15-9(19-6)10(11,12)13/h2-4H,14H2,1H3. The zero-order valence-electron chi connectivity index (χ0n) is 9.56. The van der Waals surface area contributed by atoms with Gasteiger partial charge in [-0.25, -0.2) is 9.97 Å². The van der Waals surface area contributed by atoms with Crippen molar-refractivity contribution in [2.75, 3.05) is 0 Å². The summed E-state index contributed by atoms with van der Waals surface area (Å²) in [4.78, 5) is 19.0. The fourth-order valence-electron chi connectivity index (χ4n) is 1.24. The van der Waals surface area contributed by atoms with Crippen LogP contribution in [0.2, 0.25) is 0 Å². The zero-order chi connectivity index (χ0) is 14.2. The van der Waals surface area contributed by atoms with Crippen molar-refractivity contribution in [1.29, 1.82) is 0 Å². The average molecular weight is 307 g/mol. The summed E-state index contributed by atoms with van der Waals surface area (Å²) in [6, 6.07) is -0.321. The fraction of sp³-hybridized carbons (Fsp3) is 0.300. The number of halogens is 3. The number of carbonyl (C=O) groups is 1. The number of aromatic nitrogens is 2. The number of nitrogens with two attached hydrogens (primary N) is 1. The molecule has 2 heterocycles. The molecule has 2 N–H and O–H groups in total. The van der Waals surface area contributed by atoms with Gasteiger partial charge in [-0.2, -0.15) is 13.2 Å². The Bertz CT molecular complexity index is 603. The molecule has 102 valence electrons. The van der Waals surface area contributed by atoms with Crippen LogP contribution in [0.1, 0.15) is 38.3 Å². The van der Waals surface area contributed by atoms with Gasteiger partial charge in [0.05, 0.1) is 10.9 Å². The molecular formula is C10H8F3N3OS2. The molecule has 0 aliphatic heterocycles. The van der Waals surface area contributed by atoms with Crippen LogP contribution >= 0.6 is 22.7 Å². The minimum Gasteiger partial charge on any atom is -0.322 e. The SMILES string of the molecule is CC(N)c1nc(C(=O)c2cnc(C(F)(F)F)s2)cs1. The molecule has 0 aliphatic rings. The van der Waals surface area contributed by atoms with Crippen LogP contribution in [-0.4, -0.2) is 15.8 Å². The van der Waals surface area contributed by atoms with Crippen LogP contribution in [0.3, 0.4) is 0 Å². The monoisotopic (exact) mass is 307 g/mol. The maximum absolute atomic E-state index is 12.4. The second kappa shape index (κ2) is 4.99. The Morgan fingerprint density at radius 2 is 2.16 bits per heavy atom. The quantitative estimate of drug-likeness (QED) is 0.885. The molecule has 2 rings (SSSR count). The van der Waals surface area contributed by atoms with Gasteiger partial charge in [-0.05, 0) is 6.92 Å². The molecule has 2 aromatic heterocycles. The summed E-state index contributed by atoms with van der Waals surface area (Å²) >= 11 is 1.51. The molecule has 2 aromatic rings. The van der Waals surface area contributed by atoms with E-state index in [1.54, 1.807) is 6.92 Å². The number of hydrogen-bond acceptors (Lipinski definition) is 6. The summed E-state index contributed by atoms with van der Waals surface area (Å²) in [6.07, 6.45) is -3.62. The molecule has 0 saturated heterocycles. The molecule has 0 radical (unpaired) electrons. The smallest absolute Gasteiger partial charge is 0.322 e. The van der Waals surface area contributed by atoms with Gasteiger partial charge in [-0.15, -0.1) is 22.7 Å². The highest BCUT2D eigenvalue weighted by Gasteiger charge is 2.35. The van der Waals surface area contributed by atoms with E-state index in [9.17, 15) is 18.0 Å². The van der Waals surface area contributed by atoms with E-state index < -0.39 is 17.0 Å².